The quantitative estimate of drug-likeness (QED) is 0.648. The average molecular weight is 259 g/mol. The lowest BCUT2D eigenvalue weighted by Crippen LogP contribution is -2.32. The molecule has 4 heteroatoms. The van der Waals surface area contributed by atoms with E-state index in [4.69, 9.17) is 10.3 Å². The molecule has 1 fully saturated rings. The summed E-state index contributed by atoms with van der Waals surface area (Å²) in [5, 5.41) is 0. The van der Waals surface area contributed by atoms with E-state index in [1.165, 1.54) is 25.7 Å². The van der Waals surface area contributed by atoms with Crippen LogP contribution in [0.4, 0.5) is 0 Å². The fourth-order valence-electron chi connectivity index (χ4n) is 2.30. The molecule has 0 aliphatic heterocycles. The van der Waals surface area contributed by atoms with Crippen molar-refractivity contribution < 1.29 is 4.42 Å². The Hall–Kier alpha value is -0.320. The second-order valence-corrected chi connectivity index (χ2v) is 4.56. The van der Waals surface area contributed by atoms with Gasteiger partial charge in [-0.25, -0.2) is 0 Å². The van der Waals surface area contributed by atoms with Crippen LogP contribution >= 0.6 is 15.9 Å². The van der Waals surface area contributed by atoms with Crippen LogP contribution in [0.25, 0.3) is 0 Å². The van der Waals surface area contributed by atoms with E-state index in [-0.39, 0.29) is 6.04 Å². The summed E-state index contributed by atoms with van der Waals surface area (Å²) in [6, 6.07) is 2.21. The third kappa shape index (κ3) is 1.87. The van der Waals surface area contributed by atoms with Crippen LogP contribution in [0, 0.1) is 5.92 Å². The van der Waals surface area contributed by atoms with Crippen LogP contribution in [0.3, 0.4) is 0 Å². The third-order valence-corrected chi connectivity index (χ3v) is 3.68. The summed E-state index contributed by atoms with van der Waals surface area (Å²) in [7, 11) is 0. The molecule has 0 spiro atoms. The molecule has 3 N–H and O–H groups in total. The van der Waals surface area contributed by atoms with Crippen molar-refractivity contribution >= 4 is 15.9 Å². The van der Waals surface area contributed by atoms with Crippen LogP contribution in [0.1, 0.15) is 37.3 Å². The summed E-state index contributed by atoms with van der Waals surface area (Å²) in [4.78, 5) is 0. The van der Waals surface area contributed by atoms with Crippen molar-refractivity contribution in [1.82, 2.24) is 5.43 Å². The fraction of sp³-hybridized carbons (Fsp3) is 0.600. The van der Waals surface area contributed by atoms with Gasteiger partial charge in [0.2, 0.25) is 0 Å². The maximum absolute atomic E-state index is 5.60. The Balaban J connectivity index is 2.16. The first-order chi connectivity index (χ1) is 6.83. The van der Waals surface area contributed by atoms with Crippen molar-refractivity contribution in [2.24, 2.45) is 11.8 Å². The second-order valence-electron chi connectivity index (χ2n) is 3.84. The Morgan fingerprint density at radius 3 is 2.71 bits per heavy atom. The molecule has 1 aromatic rings. The van der Waals surface area contributed by atoms with Crippen molar-refractivity contribution in [3.05, 3.63) is 22.6 Å². The monoisotopic (exact) mass is 258 g/mol. The predicted molar refractivity (Wildman–Crippen MR) is 58.4 cm³/mol. The fourth-order valence-corrected chi connectivity index (χ4v) is 2.78. The van der Waals surface area contributed by atoms with E-state index < -0.39 is 0 Å². The molecule has 2 rings (SSSR count). The van der Waals surface area contributed by atoms with Gasteiger partial charge in [-0.2, -0.15) is 0 Å². The molecule has 0 bridgehead atoms. The first kappa shape index (κ1) is 10.2. The number of halogens is 1. The minimum absolute atomic E-state index is 0.227. The molecule has 1 aliphatic rings. The molecule has 0 radical (unpaired) electrons. The molecule has 78 valence electrons. The van der Waals surface area contributed by atoms with Crippen molar-refractivity contribution in [2.45, 2.75) is 31.7 Å². The van der Waals surface area contributed by atoms with Gasteiger partial charge in [-0.1, -0.05) is 12.8 Å². The van der Waals surface area contributed by atoms with Crippen molar-refractivity contribution in [3.8, 4) is 0 Å². The molecule has 1 aliphatic carbocycles. The maximum atomic E-state index is 5.60. The van der Waals surface area contributed by atoms with Crippen LogP contribution in [-0.4, -0.2) is 0 Å². The molecule has 0 saturated heterocycles. The Kier molecular flexibility index (Phi) is 3.26. The highest BCUT2D eigenvalue weighted by atomic mass is 79.9. The number of hydrogen-bond acceptors (Lipinski definition) is 3. The van der Waals surface area contributed by atoms with Gasteiger partial charge < -0.3 is 4.42 Å². The van der Waals surface area contributed by atoms with Gasteiger partial charge in [0.1, 0.15) is 0 Å². The minimum Gasteiger partial charge on any atom is -0.457 e. The molecule has 3 nitrogen and oxygen atoms in total. The highest BCUT2D eigenvalue weighted by Crippen LogP contribution is 2.37. The zero-order valence-corrected chi connectivity index (χ0v) is 9.59. The van der Waals surface area contributed by atoms with Gasteiger partial charge in [0.25, 0.3) is 0 Å². The molecule has 1 saturated carbocycles. The van der Waals surface area contributed by atoms with Crippen LogP contribution in [-0.2, 0) is 0 Å². The van der Waals surface area contributed by atoms with Crippen LogP contribution < -0.4 is 11.3 Å². The first-order valence-corrected chi connectivity index (χ1v) is 5.81. The number of hydrazine groups is 1. The van der Waals surface area contributed by atoms with Crippen molar-refractivity contribution in [2.75, 3.05) is 0 Å². The van der Waals surface area contributed by atoms with Gasteiger partial charge in [-0.15, -0.1) is 0 Å². The van der Waals surface area contributed by atoms with Gasteiger partial charge >= 0.3 is 0 Å². The highest BCUT2D eigenvalue weighted by Gasteiger charge is 2.27. The molecular formula is C10H15BrN2O. The largest absolute Gasteiger partial charge is 0.457 e. The van der Waals surface area contributed by atoms with Gasteiger partial charge in [0.15, 0.2) is 4.67 Å². The minimum atomic E-state index is 0.227. The average Bonchev–Trinajstić information content (AvgIpc) is 2.80. The number of nitrogens with two attached hydrogens (primary N) is 1. The van der Waals surface area contributed by atoms with Gasteiger partial charge in [0.05, 0.1) is 12.3 Å². The predicted octanol–water partition coefficient (Wildman–Crippen LogP) is 2.74. The van der Waals surface area contributed by atoms with Crippen LogP contribution in [0.15, 0.2) is 21.4 Å². The van der Waals surface area contributed by atoms with E-state index in [9.17, 15) is 0 Å². The van der Waals surface area contributed by atoms with Gasteiger partial charge in [-0.05, 0) is 40.8 Å². The summed E-state index contributed by atoms with van der Waals surface area (Å²) in [6.45, 7) is 0. The first-order valence-electron chi connectivity index (χ1n) is 5.02. The Labute approximate surface area is 92.1 Å². The lowest BCUT2D eigenvalue weighted by Gasteiger charge is -2.21. The molecular weight excluding hydrogens is 244 g/mol. The Bertz CT molecular complexity index is 294. The normalized spacial score (nSPS) is 20.1. The molecule has 1 heterocycles. The number of rotatable bonds is 3. The van der Waals surface area contributed by atoms with E-state index >= 15 is 0 Å². The molecule has 0 aromatic carbocycles. The lowest BCUT2D eigenvalue weighted by atomic mass is 9.94. The van der Waals surface area contributed by atoms with Crippen LogP contribution in [0.5, 0.6) is 0 Å². The summed E-state index contributed by atoms with van der Waals surface area (Å²) >= 11 is 3.39. The van der Waals surface area contributed by atoms with E-state index in [2.05, 4.69) is 21.4 Å². The molecule has 14 heavy (non-hydrogen) atoms. The topological polar surface area (TPSA) is 51.2 Å². The Morgan fingerprint density at radius 2 is 2.21 bits per heavy atom. The van der Waals surface area contributed by atoms with Crippen molar-refractivity contribution in [3.63, 3.8) is 0 Å². The Morgan fingerprint density at radius 1 is 1.50 bits per heavy atom. The summed E-state index contributed by atoms with van der Waals surface area (Å²) < 4.78 is 6.03. The van der Waals surface area contributed by atoms with E-state index in [1.807, 2.05) is 6.07 Å². The van der Waals surface area contributed by atoms with Gasteiger partial charge in [-0.3, -0.25) is 11.3 Å². The summed E-state index contributed by atoms with van der Waals surface area (Å²) in [5.41, 5.74) is 4.04. The smallest absolute Gasteiger partial charge is 0.173 e. The van der Waals surface area contributed by atoms with E-state index in [0.717, 1.165) is 10.2 Å². The third-order valence-electron chi connectivity index (χ3n) is 3.03. The molecule has 1 aromatic heterocycles. The SMILES string of the molecule is NNC(c1ccoc1Br)C1CCCC1. The summed E-state index contributed by atoms with van der Waals surface area (Å²) in [5.74, 6) is 6.25. The van der Waals surface area contributed by atoms with Crippen molar-refractivity contribution in [1.29, 1.82) is 0 Å². The number of furan rings is 1. The van der Waals surface area contributed by atoms with Gasteiger partial charge in [0, 0.05) is 5.56 Å². The lowest BCUT2D eigenvalue weighted by molar-refractivity contribution is 0.368. The second kappa shape index (κ2) is 4.47. The van der Waals surface area contributed by atoms with Crippen LogP contribution in [0.2, 0.25) is 0 Å². The zero-order valence-electron chi connectivity index (χ0n) is 8.00. The zero-order chi connectivity index (χ0) is 9.97. The number of hydrogen-bond donors (Lipinski definition) is 2. The maximum Gasteiger partial charge on any atom is 0.173 e. The molecule has 1 unspecified atom stereocenters. The van der Waals surface area contributed by atoms with E-state index in [0.29, 0.717) is 5.92 Å². The highest BCUT2D eigenvalue weighted by molar-refractivity contribution is 9.10. The molecule has 0 amide bonds. The summed E-state index contributed by atoms with van der Waals surface area (Å²) in [6.07, 6.45) is 6.84. The number of nitrogens with one attached hydrogen (secondary N) is 1. The molecule has 1 atom stereocenters. The standard InChI is InChI=1S/C10H15BrN2O/c11-10-8(5-6-14-10)9(13-12)7-3-1-2-4-7/h5-7,9,13H,1-4,12H2. The van der Waals surface area contributed by atoms with E-state index in [1.54, 1.807) is 6.26 Å².